The van der Waals surface area contributed by atoms with Crippen molar-refractivity contribution >= 4 is 21.8 Å². The lowest BCUT2D eigenvalue weighted by Gasteiger charge is -2.24. The Balaban J connectivity index is 1.41. The molecule has 1 fully saturated rings. The van der Waals surface area contributed by atoms with Gasteiger partial charge in [0.05, 0.1) is 30.3 Å². The maximum Gasteiger partial charge on any atom is 0.337 e. The first-order valence-corrected chi connectivity index (χ1v) is 17.5. The summed E-state index contributed by atoms with van der Waals surface area (Å²) in [4.78, 5) is 23.5. The van der Waals surface area contributed by atoms with Crippen molar-refractivity contribution in [2.24, 2.45) is 0 Å². The van der Waals surface area contributed by atoms with Crippen molar-refractivity contribution in [3.63, 3.8) is 0 Å². The number of methoxy groups -OCH3 is 2. The first-order chi connectivity index (χ1) is 21.3. The molecule has 0 aliphatic heterocycles. The van der Waals surface area contributed by atoms with Gasteiger partial charge in [0.15, 0.2) is 9.84 Å². The molecule has 4 rings (SSSR count). The first-order valence-electron chi connectivity index (χ1n) is 15.9. The highest BCUT2D eigenvalue weighted by molar-refractivity contribution is 7.92. The van der Waals surface area contributed by atoms with Crippen molar-refractivity contribution in [3.05, 3.63) is 89.0 Å². The average Bonchev–Trinajstić information content (AvgIpc) is 3.07. The predicted octanol–water partition coefficient (Wildman–Crippen LogP) is 7.19. The van der Waals surface area contributed by atoms with Crippen LogP contribution in [0.2, 0.25) is 0 Å². The van der Waals surface area contributed by atoms with Gasteiger partial charge in [-0.2, -0.15) is 0 Å². The maximum atomic E-state index is 13.9. The third-order valence-electron chi connectivity index (χ3n) is 8.91. The summed E-state index contributed by atoms with van der Waals surface area (Å²) in [5.41, 5.74) is 3.85. The Kier molecular flexibility index (Phi) is 12.7. The van der Waals surface area contributed by atoms with Gasteiger partial charge in [0.2, 0.25) is 0 Å². The van der Waals surface area contributed by atoms with Crippen LogP contribution in [-0.4, -0.2) is 45.1 Å². The Morgan fingerprint density at radius 3 is 2.34 bits per heavy atom. The van der Waals surface area contributed by atoms with Gasteiger partial charge >= 0.3 is 11.9 Å². The molecule has 2 aromatic rings. The zero-order valence-electron chi connectivity index (χ0n) is 26.0. The van der Waals surface area contributed by atoms with Crippen LogP contribution < -0.4 is 4.74 Å². The fourth-order valence-electron chi connectivity index (χ4n) is 6.23. The van der Waals surface area contributed by atoms with Crippen LogP contribution in [0.25, 0.3) is 0 Å². The largest absolute Gasteiger partial charge is 0.489 e. The molecular formula is C36H46O7S. The summed E-state index contributed by atoms with van der Waals surface area (Å²) in [5.74, 6) is 0.649. The molecule has 2 atom stereocenters. The lowest BCUT2D eigenvalue weighted by Crippen LogP contribution is -2.32. The summed E-state index contributed by atoms with van der Waals surface area (Å²) < 4.78 is 43.5. The molecule has 0 N–H and O–H groups in total. The van der Waals surface area contributed by atoms with Crippen molar-refractivity contribution in [2.45, 2.75) is 100 Å². The second-order valence-electron chi connectivity index (χ2n) is 11.8. The molecule has 238 valence electrons. The van der Waals surface area contributed by atoms with E-state index in [1.54, 1.807) is 12.2 Å². The minimum Gasteiger partial charge on any atom is -0.489 e. The van der Waals surface area contributed by atoms with Crippen molar-refractivity contribution in [3.8, 4) is 5.75 Å². The quantitative estimate of drug-likeness (QED) is 0.153. The molecule has 0 bridgehead atoms. The number of ether oxygens (including phenoxy) is 3. The molecule has 2 aliphatic carbocycles. The number of benzene rings is 2. The molecule has 8 heteroatoms. The van der Waals surface area contributed by atoms with E-state index in [0.29, 0.717) is 50.2 Å². The molecular weight excluding hydrogens is 576 g/mol. The van der Waals surface area contributed by atoms with Crippen LogP contribution in [0, 0.1) is 0 Å². The lowest BCUT2D eigenvalue weighted by molar-refractivity contribution is -0.140. The third-order valence-corrected chi connectivity index (χ3v) is 11.5. The summed E-state index contributed by atoms with van der Waals surface area (Å²) in [6, 6.07) is 16.6. The Bertz CT molecular complexity index is 1400. The van der Waals surface area contributed by atoms with Crippen LogP contribution in [0.1, 0.15) is 93.2 Å². The zero-order valence-corrected chi connectivity index (χ0v) is 26.9. The SMILES string of the molecule is COC(=O)CCCCC(CCc1ccccc1OCc1ccc(C2CCCCC2)cc1)S(=O)(=O)C1C=CC(C(=O)OC)=CC1. The number of hydrogen-bond acceptors (Lipinski definition) is 7. The lowest BCUT2D eigenvalue weighted by atomic mass is 9.84. The molecule has 0 amide bonds. The highest BCUT2D eigenvalue weighted by Gasteiger charge is 2.33. The van der Waals surface area contributed by atoms with Gasteiger partial charge < -0.3 is 14.2 Å². The van der Waals surface area contributed by atoms with Crippen LogP contribution in [0.4, 0.5) is 0 Å². The molecule has 44 heavy (non-hydrogen) atoms. The van der Waals surface area contributed by atoms with Gasteiger partial charge in [0.1, 0.15) is 12.4 Å². The second-order valence-corrected chi connectivity index (χ2v) is 14.3. The number of carbonyl (C=O) groups is 2. The monoisotopic (exact) mass is 622 g/mol. The molecule has 2 aromatic carbocycles. The Morgan fingerprint density at radius 2 is 1.66 bits per heavy atom. The highest BCUT2D eigenvalue weighted by Crippen LogP contribution is 2.33. The number of allylic oxidation sites excluding steroid dienone is 1. The topological polar surface area (TPSA) is 96.0 Å². The normalized spacial score (nSPS) is 17.9. The fraction of sp³-hybridized carbons (Fsp3) is 0.500. The molecule has 7 nitrogen and oxygen atoms in total. The van der Waals surface area contributed by atoms with Gasteiger partial charge in [-0.3, -0.25) is 4.79 Å². The Morgan fingerprint density at radius 1 is 0.909 bits per heavy atom. The number of rotatable bonds is 15. The summed E-state index contributed by atoms with van der Waals surface area (Å²) >= 11 is 0. The molecule has 2 aliphatic rings. The van der Waals surface area contributed by atoms with Gasteiger partial charge in [0, 0.05) is 6.42 Å². The van der Waals surface area contributed by atoms with Gasteiger partial charge in [-0.1, -0.05) is 86.4 Å². The third kappa shape index (κ3) is 9.31. The molecule has 0 aromatic heterocycles. The first kappa shape index (κ1) is 33.5. The molecule has 0 radical (unpaired) electrons. The summed E-state index contributed by atoms with van der Waals surface area (Å²) in [7, 11) is -0.919. The van der Waals surface area contributed by atoms with Gasteiger partial charge in [-0.05, 0) is 73.6 Å². The van der Waals surface area contributed by atoms with Gasteiger partial charge in [-0.15, -0.1) is 0 Å². The van der Waals surface area contributed by atoms with E-state index >= 15 is 0 Å². The van der Waals surface area contributed by atoms with E-state index < -0.39 is 26.3 Å². The molecule has 0 spiro atoms. The minimum atomic E-state index is -3.58. The molecule has 2 unspecified atom stereocenters. The van der Waals surface area contributed by atoms with Crippen LogP contribution in [0.5, 0.6) is 5.75 Å². The van der Waals surface area contributed by atoms with Crippen LogP contribution in [0.3, 0.4) is 0 Å². The van der Waals surface area contributed by atoms with Crippen molar-refractivity contribution in [1.29, 1.82) is 0 Å². The van der Waals surface area contributed by atoms with Crippen molar-refractivity contribution in [1.82, 2.24) is 0 Å². The van der Waals surface area contributed by atoms with E-state index in [-0.39, 0.29) is 18.8 Å². The predicted molar refractivity (Wildman–Crippen MR) is 172 cm³/mol. The Hall–Kier alpha value is -3.39. The van der Waals surface area contributed by atoms with Gasteiger partial charge in [-0.25, -0.2) is 13.2 Å². The second kappa shape index (κ2) is 16.6. The number of para-hydroxylation sites is 1. The number of sulfone groups is 1. The summed E-state index contributed by atoms with van der Waals surface area (Å²) in [6.45, 7) is 0.443. The smallest absolute Gasteiger partial charge is 0.337 e. The Labute approximate surface area is 262 Å². The van der Waals surface area contributed by atoms with Crippen LogP contribution in [0.15, 0.2) is 72.3 Å². The number of unbranched alkanes of at least 4 members (excludes halogenated alkanes) is 1. The fourth-order valence-corrected chi connectivity index (χ4v) is 8.33. The number of aryl methyl sites for hydroxylation is 1. The van der Waals surface area contributed by atoms with Crippen molar-refractivity contribution < 1.29 is 32.2 Å². The number of carbonyl (C=O) groups excluding carboxylic acids is 2. The van der Waals surface area contributed by atoms with Crippen molar-refractivity contribution in [2.75, 3.05) is 14.2 Å². The zero-order chi connectivity index (χ0) is 31.4. The minimum absolute atomic E-state index is 0.223. The van der Waals surface area contributed by atoms with E-state index in [9.17, 15) is 18.0 Å². The molecule has 0 saturated heterocycles. The van der Waals surface area contributed by atoms with Crippen LogP contribution in [-0.2, 0) is 41.9 Å². The van der Waals surface area contributed by atoms with Crippen LogP contribution >= 0.6 is 0 Å². The highest BCUT2D eigenvalue weighted by atomic mass is 32.2. The standard InChI is InChI=1S/C36H46O7S/c1-41-35(37)15-9-7-13-32(44(39,40)33-24-21-31(22-25-33)36(38)42-2)23-20-30-12-6-8-14-34(30)43-26-27-16-18-29(19-17-27)28-10-4-3-5-11-28/h6,8,12,14,16-19,21-22,24,28,32-33H,3-5,7,9-11,13,15,20,23,25-26H2,1-2H3. The van der Waals surface area contributed by atoms with E-state index in [2.05, 4.69) is 24.3 Å². The summed E-state index contributed by atoms with van der Waals surface area (Å²) in [5, 5.41) is -1.33. The maximum absolute atomic E-state index is 13.9. The van der Waals surface area contributed by atoms with E-state index in [1.807, 2.05) is 24.3 Å². The summed E-state index contributed by atoms with van der Waals surface area (Å²) in [6.07, 6.45) is 14.3. The van der Waals surface area contributed by atoms with E-state index in [4.69, 9.17) is 14.2 Å². The molecule has 1 saturated carbocycles. The van der Waals surface area contributed by atoms with E-state index in [0.717, 1.165) is 16.9 Å². The number of hydrogen-bond donors (Lipinski definition) is 0. The van der Waals surface area contributed by atoms with E-state index in [1.165, 1.54) is 58.0 Å². The molecule has 0 heterocycles. The average molecular weight is 623 g/mol. The van der Waals surface area contributed by atoms with Gasteiger partial charge in [0.25, 0.3) is 0 Å². The number of esters is 2.